The number of amides is 1. The highest BCUT2D eigenvalue weighted by Gasteiger charge is 2.47. The van der Waals surface area contributed by atoms with Gasteiger partial charge in [0.05, 0.1) is 31.3 Å². The number of carbonyl (C=O) groups excluding carboxylic acids is 1. The number of hydrogen-bond donors (Lipinski definition) is 0. The van der Waals surface area contributed by atoms with Crippen LogP contribution in [0.5, 0.6) is 0 Å². The van der Waals surface area contributed by atoms with E-state index in [1.807, 2.05) is 6.92 Å². The molecule has 0 spiro atoms. The van der Waals surface area contributed by atoms with Gasteiger partial charge in [-0.2, -0.15) is 0 Å². The van der Waals surface area contributed by atoms with Crippen molar-refractivity contribution in [2.45, 2.75) is 26.3 Å². The van der Waals surface area contributed by atoms with Crippen molar-refractivity contribution >= 4 is 5.91 Å². The van der Waals surface area contributed by atoms with Crippen molar-refractivity contribution in [1.82, 2.24) is 5.06 Å². The Bertz CT molecular complexity index is 466. The van der Waals surface area contributed by atoms with E-state index in [0.717, 1.165) is 0 Å². The number of nitrogens with zero attached hydrogens (tertiary/aromatic N) is 1. The predicted molar refractivity (Wildman–Crippen MR) is 73.3 cm³/mol. The smallest absolute Gasteiger partial charge is 0.257 e. The third-order valence-electron chi connectivity index (χ3n) is 3.62. The molecule has 2 heterocycles. The van der Waals surface area contributed by atoms with E-state index in [4.69, 9.17) is 9.57 Å². The largest absolute Gasteiger partial charge is 0.379 e. The van der Waals surface area contributed by atoms with Crippen LogP contribution < -0.4 is 0 Å². The zero-order valence-electron chi connectivity index (χ0n) is 11.9. The van der Waals surface area contributed by atoms with Crippen molar-refractivity contribution in [2.24, 2.45) is 5.41 Å². The molecule has 2 aliphatic heterocycles. The summed E-state index contributed by atoms with van der Waals surface area (Å²) in [5.74, 6) is -0.422. The minimum atomic E-state index is -0.513. The molecule has 1 atom stereocenters. The average Bonchev–Trinajstić information content (AvgIpc) is 2.90. The SMILES string of the molecule is C=C(/C=C\C(F)=C/C)[C@@H]1CCON1C(=O)C1(C)COC1. The van der Waals surface area contributed by atoms with E-state index in [1.54, 1.807) is 13.0 Å². The van der Waals surface area contributed by atoms with Gasteiger partial charge in [-0.15, -0.1) is 0 Å². The van der Waals surface area contributed by atoms with Crippen LogP contribution in [0.15, 0.2) is 36.2 Å². The maximum Gasteiger partial charge on any atom is 0.257 e. The van der Waals surface area contributed by atoms with E-state index in [9.17, 15) is 9.18 Å². The Labute approximate surface area is 118 Å². The second-order valence-electron chi connectivity index (χ2n) is 5.40. The molecular formula is C15H20FNO3. The van der Waals surface area contributed by atoms with Gasteiger partial charge in [0.2, 0.25) is 0 Å². The Morgan fingerprint density at radius 1 is 1.45 bits per heavy atom. The summed E-state index contributed by atoms with van der Waals surface area (Å²) in [6.45, 7) is 8.68. The van der Waals surface area contributed by atoms with Gasteiger partial charge >= 0.3 is 0 Å². The van der Waals surface area contributed by atoms with Crippen LogP contribution in [0.1, 0.15) is 20.3 Å². The number of ether oxygens (including phenoxy) is 1. The molecular weight excluding hydrogens is 261 g/mol. The molecule has 110 valence electrons. The number of hydrogen-bond acceptors (Lipinski definition) is 3. The summed E-state index contributed by atoms with van der Waals surface area (Å²) in [5, 5.41) is 1.38. The highest BCUT2D eigenvalue weighted by molar-refractivity contribution is 5.83. The highest BCUT2D eigenvalue weighted by Crippen LogP contribution is 2.33. The van der Waals surface area contributed by atoms with E-state index in [1.165, 1.54) is 17.2 Å². The molecule has 20 heavy (non-hydrogen) atoms. The maximum absolute atomic E-state index is 13.1. The zero-order chi connectivity index (χ0) is 14.8. The van der Waals surface area contributed by atoms with Gasteiger partial charge in [-0.05, 0) is 25.5 Å². The summed E-state index contributed by atoms with van der Waals surface area (Å²) >= 11 is 0. The lowest BCUT2D eigenvalue weighted by molar-refractivity contribution is -0.206. The van der Waals surface area contributed by atoms with Gasteiger partial charge in [0.15, 0.2) is 0 Å². The van der Waals surface area contributed by atoms with E-state index >= 15 is 0 Å². The lowest BCUT2D eigenvalue weighted by Gasteiger charge is -2.39. The van der Waals surface area contributed by atoms with Gasteiger partial charge in [-0.1, -0.05) is 18.7 Å². The molecule has 2 fully saturated rings. The third kappa shape index (κ3) is 2.83. The molecule has 0 aromatic rings. The van der Waals surface area contributed by atoms with Gasteiger partial charge in [0.1, 0.15) is 5.83 Å². The summed E-state index contributed by atoms with van der Waals surface area (Å²) < 4.78 is 18.2. The first-order chi connectivity index (χ1) is 9.48. The molecule has 2 aliphatic rings. The molecule has 0 unspecified atom stereocenters. The normalized spacial score (nSPS) is 25.9. The van der Waals surface area contributed by atoms with Crippen LogP contribution in [0.4, 0.5) is 4.39 Å². The lowest BCUT2D eigenvalue weighted by Crippen LogP contribution is -2.54. The molecule has 1 amide bonds. The fourth-order valence-electron chi connectivity index (χ4n) is 2.20. The molecule has 0 N–H and O–H groups in total. The van der Waals surface area contributed by atoms with Crippen LogP contribution in [0.25, 0.3) is 0 Å². The monoisotopic (exact) mass is 281 g/mol. The van der Waals surface area contributed by atoms with Crippen molar-refractivity contribution in [2.75, 3.05) is 19.8 Å². The van der Waals surface area contributed by atoms with Crippen LogP contribution in [0.2, 0.25) is 0 Å². The first kappa shape index (κ1) is 14.9. The van der Waals surface area contributed by atoms with Gasteiger partial charge in [0, 0.05) is 6.42 Å². The minimum absolute atomic E-state index is 0.0905. The topological polar surface area (TPSA) is 38.8 Å². The maximum atomic E-state index is 13.1. The number of hydroxylamine groups is 2. The van der Waals surface area contributed by atoms with Gasteiger partial charge in [-0.25, -0.2) is 9.45 Å². The Morgan fingerprint density at radius 3 is 2.70 bits per heavy atom. The van der Waals surface area contributed by atoms with Gasteiger partial charge in [-0.3, -0.25) is 9.63 Å². The fraction of sp³-hybridized carbons (Fsp3) is 0.533. The summed E-state index contributed by atoms with van der Waals surface area (Å²) in [6.07, 6.45) is 4.97. The quantitative estimate of drug-likeness (QED) is 0.743. The number of allylic oxidation sites excluding steroid dienone is 3. The summed E-state index contributed by atoms with van der Waals surface area (Å²) in [5.41, 5.74) is 0.151. The first-order valence-corrected chi connectivity index (χ1v) is 6.71. The highest BCUT2D eigenvalue weighted by atomic mass is 19.1. The van der Waals surface area contributed by atoms with Crippen LogP contribution in [-0.2, 0) is 14.4 Å². The second kappa shape index (κ2) is 5.89. The third-order valence-corrected chi connectivity index (χ3v) is 3.62. The molecule has 5 heteroatoms. The lowest BCUT2D eigenvalue weighted by atomic mass is 9.87. The molecule has 2 saturated heterocycles. The molecule has 2 rings (SSSR count). The average molecular weight is 281 g/mol. The summed E-state index contributed by atoms with van der Waals surface area (Å²) in [6, 6.07) is -0.235. The molecule has 0 bridgehead atoms. The van der Waals surface area contributed by atoms with Gasteiger partial charge < -0.3 is 4.74 Å². The minimum Gasteiger partial charge on any atom is -0.379 e. The van der Waals surface area contributed by atoms with Crippen LogP contribution >= 0.6 is 0 Å². The van der Waals surface area contributed by atoms with E-state index < -0.39 is 5.41 Å². The van der Waals surface area contributed by atoms with Crippen molar-refractivity contribution in [1.29, 1.82) is 0 Å². The number of rotatable bonds is 4. The molecule has 0 radical (unpaired) electrons. The van der Waals surface area contributed by atoms with E-state index in [-0.39, 0.29) is 17.8 Å². The fourth-order valence-corrected chi connectivity index (χ4v) is 2.20. The molecule has 0 saturated carbocycles. The van der Waals surface area contributed by atoms with Gasteiger partial charge in [0.25, 0.3) is 5.91 Å². The Kier molecular flexibility index (Phi) is 4.40. The Balaban J connectivity index is 2.05. The second-order valence-corrected chi connectivity index (χ2v) is 5.40. The number of carbonyl (C=O) groups is 1. The van der Waals surface area contributed by atoms with Crippen molar-refractivity contribution < 1.29 is 18.8 Å². The summed E-state index contributed by atoms with van der Waals surface area (Å²) in [7, 11) is 0. The van der Waals surface area contributed by atoms with Crippen molar-refractivity contribution in [3.8, 4) is 0 Å². The Hall–Kier alpha value is -1.46. The molecule has 4 nitrogen and oxygen atoms in total. The van der Waals surface area contributed by atoms with Crippen LogP contribution in [-0.4, -0.2) is 36.8 Å². The molecule has 0 aliphatic carbocycles. The number of halogens is 1. The van der Waals surface area contributed by atoms with Crippen molar-refractivity contribution in [3.05, 3.63) is 36.2 Å². The van der Waals surface area contributed by atoms with Crippen LogP contribution in [0.3, 0.4) is 0 Å². The molecule has 0 aromatic heterocycles. The first-order valence-electron chi connectivity index (χ1n) is 6.71. The Morgan fingerprint density at radius 2 is 2.15 bits per heavy atom. The van der Waals surface area contributed by atoms with Crippen LogP contribution in [0, 0.1) is 5.41 Å². The molecule has 0 aromatic carbocycles. The van der Waals surface area contributed by atoms with Crippen molar-refractivity contribution in [3.63, 3.8) is 0 Å². The van der Waals surface area contributed by atoms with E-state index in [0.29, 0.717) is 31.8 Å². The van der Waals surface area contributed by atoms with E-state index in [2.05, 4.69) is 6.58 Å². The predicted octanol–water partition coefficient (Wildman–Crippen LogP) is 2.54. The standard InChI is InChI=1S/C15H20FNO3/c1-4-12(16)6-5-11(2)13-7-8-20-17(13)14(18)15(3)9-19-10-15/h4-6,13H,2,7-10H2,1,3H3/b6-5-,12-4+/t13-/m0/s1. The zero-order valence-corrected chi connectivity index (χ0v) is 11.9. The summed E-state index contributed by atoms with van der Waals surface area (Å²) in [4.78, 5) is 17.9.